The number of amides is 5. The average molecular weight is 854 g/mol. The van der Waals surface area contributed by atoms with Gasteiger partial charge in [-0.2, -0.15) is 13.2 Å². The molecule has 0 aliphatic carbocycles. The number of benzene rings is 2. The minimum atomic E-state index is -4.62. The maximum absolute atomic E-state index is 13.5. The standard InChI is InChI=1S/C45H50F3N9O5/c1-49-37-7-4-32(26-36(37)45(46,47)48)54-21-14-29(15-22-54)41(59)51-39-9-5-33(27-50-39)56-19-12-28(13-20-56)11-18-53(2)30-16-23-55(24-17-30)31-3-6-34-35(25-31)44(62)57(43(34)61)38-8-10-40(58)52-42(38)60/h3-7,9,25-30,38H,8,10-24H2,2H3,(H,50,51,59)(H,52,58,60). The zero-order valence-electron chi connectivity index (χ0n) is 34.6. The SMILES string of the molecule is [C-]#[N+]c1ccc(N2CCC(C(=O)Nc3ccc(N4CCC(CCN(C)C5CCN(c6ccc7c(c6)C(=O)N(C6CCC(=O)NC6=O)C7=O)CC5)CC4)cn3)CC2)cc1C(F)(F)F. The first kappa shape index (κ1) is 42.7. The lowest BCUT2D eigenvalue weighted by molar-refractivity contribution is -0.137. The molecule has 6 heterocycles. The number of carbonyl (C=O) groups excluding carboxylic acids is 5. The van der Waals surface area contributed by atoms with Crippen LogP contribution in [0.1, 0.15) is 84.1 Å². The Labute approximate surface area is 358 Å². The summed E-state index contributed by atoms with van der Waals surface area (Å²) in [7, 11) is 2.20. The van der Waals surface area contributed by atoms with E-state index in [0.29, 0.717) is 55.0 Å². The number of rotatable bonds is 10. The van der Waals surface area contributed by atoms with Gasteiger partial charge in [-0.05, 0) is 113 Å². The van der Waals surface area contributed by atoms with Gasteiger partial charge in [0.25, 0.3) is 11.8 Å². The summed E-state index contributed by atoms with van der Waals surface area (Å²) in [6, 6.07) is 12.3. The molecule has 3 aromatic rings. The van der Waals surface area contributed by atoms with Gasteiger partial charge in [-0.15, -0.1) is 0 Å². The fourth-order valence-electron chi connectivity index (χ4n) is 9.59. The summed E-state index contributed by atoms with van der Waals surface area (Å²) < 4.78 is 40.5. The Morgan fingerprint density at radius 2 is 1.44 bits per heavy atom. The van der Waals surface area contributed by atoms with Gasteiger partial charge in [-0.1, -0.05) is 6.07 Å². The number of fused-ring (bicyclic) bond motifs is 1. The van der Waals surface area contributed by atoms with Crippen LogP contribution in [-0.2, 0) is 20.6 Å². The van der Waals surface area contributed by atoms with Gasteiger partial charge in [0.2, 0.25) is 17.7 Å². The fourth-order valence-corrected chi connectivity index (χ4v) is 9.59. The summed E-state index contributed by atoms with van der Waals surface area (Å²) in [5.74, 6) is -1.37. The van der Waals surface area contributed by atoms with Crippen LogP contribution in [0.5, 0.6) is 0 Å². The third-order valence-electron chi connectivity index (χ3n) is 13.4. The molecule has 1 unspecified atom stereocenters. The topological polar surface area (TPSA) is 143 Å². The minimum Gasteiger partial charge on any atom is -0.372 e. The zero-order chi connectivity index (χ0) is 43.7. The molecule has 14 nitrogen and oxygen atoms in total. The number of nitrogens with zero attached hydrogens (tertiary/aromatic N) is 7. The first-order valence-electron chi connectivity index (χ1n) is 21.4. The lowest BCUT2D eigenvalue weighted by atomic mass is 9.92. The van der Waals surface area contributed by atoms with Gasteiger partial charge >= 0.3 is 6.18 Å². The van der Waals surface area contributed by atoms with Crippen molar-refractivity contribution in [2.75, 3.05) is 72.9 Å². The van der Waals surface area contributed by atoms with E-state index >= 15 is 0 Å². The molecular formula is C45H50F3N9O5. The summed E-state index contributed by atoms with van der Waals surface area (Å²) in [6.07, 6.45) is 3.56. The Kier molecular flexibility index (Phi) is 12.2. The maximum atomic E-state index is 13.5. The van der Waals surface area contributed by atoms with E-state index in [1.807, 2.05) is 23.1 Å². The van der Waals surface area contributed by atoms with Crippen molar-refractivity contribution in [2.45, 2.75) is 76.0 Å². The predicted molar refractivity (Wildman–Crippen MR) is 226 cm³/mol. The van der Waals surface area contributed by atoms with E-state index in [0.717, 1.165) is 87.2 Å². The number of piperidine rings is 4. The van der Waals surface area contributed by atoms with Crippen LogP contribution in [0, 0.1) is 18.4 Å². The number of hydrogen-bond acceptors (Lipinski definition) is 10. The quantitative estimate of drug-likeness (QED) is 0.181. The van der Waals surface area contributed by atoms with Gasteiger partial charge in [-0.3, -0.25) is 34.2 Å². The van der Waals surface area contributed by atoms with Gasteiger partial charge in [0.05, 0.1) is 35.1 Å². The van der Waals surface area contributed by atoms with E-state index in [9.17, 15) is 37.1 Å². The first-order chi connectivity index (χ1) is 29.8. The fraction of sp³-hybridized carbons (Fsp3) is 0.489. The van der Waals surface area contributed by atoms with Crippen molar-refractivity contribution < 1.29 is 37.1 Å². The highest BCUT2D eigenvalue weighted by atomic mass is 19.4. The van der Waals surface area contributed by atoms with E-state index in [1.165, 1.54) is 12.1 Å². The van der Waals surface area contributed by atoms with Crippen molar-refractivity contribution in [3.63, 3.8) is 0 Å². The molecule has 5 aliphatic rings. The lowest BCUT2D eigenvalue weighted by Gasteiger charge is -2.39. The van der Waals surface area contributed by atoms with Crippen LogP contribution in [0.3, 0.4) is 0 Å². The van der Waals surface area contributed by atoms with Gasteiger partial charge in [0.15, 0.2) is 5.69 Å². The minimum absolute atomic E-state index is 0.0823. The number of imide groups is 2. The number of pyridine rings is 1. The summed E-state index contributed by atoms with van der Waals surface area (Å²) in [4.78, 5) is 81.0. The molecule has 0 bridgehead atoms. The Bertz CT molecular complexity index is 2260. The second-order valence-electron chi connectivity index (χ2n) is 17.1. The second-order valence-corrected chi connectivity index (χ2v) is 17.1. The third-order valence-corrected chi connectivity index (χ3v) is 13.4. The largest absolute Gasteiger partial charge is 0.407 e. The number of hydrogen-bond donors (Lipinski definition) is 2. The van der Waals surface area contributed by atoms with Crippen molar-refractivity contribution in [3.8, 4) is 0 Å². The molecule has 0 radical (unpaired) electrons. The molecule has 5 amide bonds. The summed E-state index contributed by atoms with van der Waals surface area (Å²) in [5.41, 5.74) is 1.49. The predicted octanol–water partition coefficient (Wildman–Crippen LogP) is 6.11. The number of aromatic nitrogens is 1. The third kappa shape index (κ3) is 8.97. The summed E-state index contributed by atoms with van der Waals surface area (Å²) in [5, 5.41) is 5.15. The molecule has 1 atom stereocenters. The molecule has 4 saturated heterocycles. The Hall–Kier alpha value is -6.02. The molecule has 2 N–H and O–H groups in total. The number of alkyl halides is 3. The van der Waals surface area contributed by atoms with Crippen molar-refractivity contribution in [1.29, 1.82) is 0 Å². The van der Waals surface area contributed by atoms with Crippen LogP contribution < -0.4 is 25.3 Å². The van der Waals surface area contributed by atoms with Crippen molar-refractivity contribution in [1.82, 2.24) is 20.1 Å². The van der Waals surface area contributed by atoms with E-state index < -0.39 is 47.1 Å². The average Bonchev–Trinajstić information content (AvgIpc) is 3.53. The van der Waals surface area contributed by atoms with Crippen LogP contribution in [0.2, 0.25) is 0 Å². The highest BCUT2D eigenvalue weighted by Crippen LogP contribution is 2.40. The number of anilines is 4. The molecule has 0 spiro atoms. The van der Waals surface area contributed by atoms with E-state index in [2.05, 4.69) is 42.2 Å². The summed E-state index contributed by atoms with van der Waals surface area (Å²) in [6.45, 7) is 12.4. The van der Waals surface area contributed by atoms with Crippen LogP contribution >= 0.6 is 0 Å². The van der Waals surface area contributed by atoms with Gasteiger partial charge in [-0.25, -0.2) is 9.83 Å². The summed E-state index contributed by atoms with van der Waals surface area (Å²) >= 11 is 0. The van der Waals surface area contributed by atoms with Crippen molar-refractivity contribution in [3.05, 3.63) is 82.8 Å². The van der Waals surface area contributed by atoms with Gasteiger partial charge < -0.3 is 24.9 Å². The van der Waals surface area contributed by atoms with Crippen molar-refractivity contribution >= 4 is 58.1 Å². The molecule has 62 heavy (non-hydrogen) atoms. The number of halogens is 3. The Morgan fingerprint density at radius 3 is 2.08 bits per heavy atom. The zero-order valence-corrected chi connectivity index (χ0v) is 34.6. The number of nitrogens with one attached hydrogen (secondary N) is 2. The molecule has 326 valence electrons. The van der Waals surface area contributed by atoms with Crippen LogP contribution in [0.4, 0.5) is 41.7 Å². The van der Waals surface area contributed by atoms with Gasteiger partial charge in [0, 0.05) is 69.0 Å². The van der Waals surface area contributed by atoms with E-state index in [-0.39, 0.29) is 30.2 Å². The smallest absolute Gasteiger partial charge is 0.372 e. The van der Waals surface area contributed by atoms with Crippen LogP contribution in [-0.4, -0.2) is 109 Å². The normalized spacial score (nSPS) is 20.7. The Balaban J connectivity index is 0.742. The monoisotopic (exact) mass is 853 g/mol. The molecule has 5 aliphatic heterocycles. The lowest BCUT2D eigenvalue weighted by Crippen LogP contribution is -2.54. The van der Waals surface area contributed by atoms with Crippen LogP contribution in [0.25, 0.3) is 4.85 Å². The van der Waals surface area contributed by atoms with E-state index in [1.54, 1.807) is 18.3 Å². The highest BCUT2D eigenvalue weighted by Gasteiger charge is 2.45. The van der Waals surface area contributed by atoms with Gasteiger partial charge in [0.1, 0.15) is 11.9 Å². The molecule has 4 fully saturated rings. The second kappa shape index (κ2) is 17.8. The van der Waals surface area contributed by atoms with E-state index in [4.69, 9.17) is 6.57 Å². The molecule has 17 heteroatoms. The first-order valence-corrected chi connectivity index (χ1v) is 21.4. The van der Waals surface area contributed by atoms with Crippen LogP contribution in [0.15, 0.2) is 54.7 Å². The molecular weight excluding hydrogens is 804 g/mol. The Morgan fingerprint density at radius 1 is 0.823 bits per heavy atom. The number of carbonyl (C=O) groups is 5. The molecule has 2 aromatic carbocycles. The maximum Gasteiger partial charge on any atom is 0.407 e. The molecule has 0 saturated carbocycles. The molecule has 8 rings (SSSR count). The molecule has 1 aromatic heterocycles. The van der Waals surface area contributed by atoms with Crippen molar-refractivity contribution in [2.24, 2.45) is 11.8 Å². The highest BCUT2D eigenvalue weighted by molar-refractivity contribution is 6.23.